The van der Waals surface area contributed by atoms with Crippen LogP contribution < -0.4 is 10.4 Å². The summed E-state index contributed by atoms with van der Waals surface area (Å²) in [6.45, 7) is 0. The summed E-state index contributed by atoms with van der Waals surface area (Å²) in [4.78, 5) is 0. The minimum absolute atomic E-state index is 0.473. The highest BCUT2D eigenvalue weighted by molar-refractivity contribution is 5.80. The summed E-state index contributed by atoms with van der Waals surface area (Å²) in [5, 5.41) is 2.90. The summed E-state index contributed by atoms with van der Waals surface area (Å²) < 4.78 is 0. The fraction of sp³-hybridized carbons (Fsp3) is 0.172. The molecule has 0 radical (unpaired) electrons. The molecule has 29 heavy (non-hydrogen) atoms. The van der Waals surface area contributed by atoms with E-state index in [0.717, 1.165) is 0 Å². The first-order chi connectivity index (χ1) is 14.4. The van der Waals surface area contributed by atoms with E-state index in [1.165, 1.54) is 57.5 Å². The van der Waals surface area contributed by atoms with Gasteiger partial charge >= 0.3 is 0 Å². The van der Waals surface area contributed by atoms with Crippen molar-refractivity contribution in [1.29, 1.82) is 0 Å². The zero-order chi connectivity index (χ0) is 19.2. The summed E-state index contributed by atoms with van der Waals surface area (Å²) >= 11 is 0. The Morgan fingerprint density at radius 3 is 2.07 bits per heavy atom. The Bertz CT molecular complexity index is 1240. The molecule has 140 valence electrons. The molecule has 0 aliphatic heterocycles. The van der Waals surface area contributed by atoms with Crippen LogP contribution in [0.4, 0.5) is 0 Å². The van der Waals surface area contributed by atoms with E-state index in [1.807, 2.05) is 0 Å². The van der Waals surface area contributed by atoms with Crippen LogP contribution in [0.25, 0.3) is 22.3 Å². The van der Waals surface area contributed by atoms with Crippen molar-refractivity contribution < 1.29 is 0 Å². The highest BCUT2D eigenvalue weighted by Crippen LogP contribution is 2.47. The van der Waals surface area contributed by atoms with E-state index in [2.05, 4.69) is 97.1 Å². The van der Waals surface area contributed by atoms with Gasteiger partial charge in [-0.1, -0.05) is 103 Å². The molecule has 0 nitrogen and oxygen atoms in total. The van der Waals surface area contributed by atoms with Crippen LogP contribution in [-0.2, 0) is 0 Å². The van der Waals surface area contributed by atoms with Crippen LogP contribution in [-0.4, -0.2) is 0 Å². The molecule has 0 heterocycles. The Kier molecular flexibility index (Phi) is 3.90. The van der Waals surface area contributed by atoms with Crippen molar-refractivity contribution in [2.24, 2.45) is 5.92 Å². The zero-order valence-corrected chi connectivity index (χ0v) is 16.5. The van der Waals surface area contributed by atoms with Crippen molar-refractivity contribution in [2.75, 3.05) is 0 Å². The third-order valence-electron chi connectivity index (χ3n) is 6.89. The second kappa shape index (κ2) is 6.74. The van der Waals surface area contributed by atoms with Crippen molar-refractivity contribution in [3.63, 3.8) is 0 Å². The van der Waals surface area contributed by atoms with Crippen molar-refractivity contribution in [3.8, 4) is 11.1 Å². The monoisotopic (exact) mass is 372 g/mol. The molecule has 0 aromatic heterocycles. The first kappa shape index (κ1) is 16.8. The maximum Gasteiger partial charge on any atom is 0.0246 e. The number of fused-ring (bicyclic) bond motifs is 5. The molecule has 0 amide bonds. The molecule has 1 unspecified atom stereocenters. The van der Waals surface area contributed by atoms with Gasteiger partial charge in [0.15, 0.2) is 0 Å². The van der Waals surface area contributed by atoms with Crippen LogP contribution in [0.2, 0.25) is 0 Å². The molecule has 3 aromatic carbocycles. The van der Waals surface area contributed by atoms with Gasteiger partial charge in [0.2, 0.25) is 0 Å². The first-order valence-electron chi connectivity index (χ1n) is 10.8. The normalized spacial score (nSPS) is 18.6. The number of benzene rings is 3. The number of hydrogen-bond donors (Lipinski definition) is 0. The van der Waals surface area contributed by atoms with Crippen LogP contribution in [0.15, 0.2) is 97.1 Å². The largest absolute Gasteiger partial charge is 0.0729 e. The zero-order valence-electron chi connectivity index (χ0n) is 16.5. The predicted molar refractivity (Wildman–Crippen MR) is 122 cm³/mol. The molecule has 0 N–H and O–H groups in total. The van der Waals surface area contributed by atoms with Gasteiger partial charge in [-0.3, -0.25) is 0 Å². The summed E-state index contributed by atoms with van der Waals surface area (Å²) in [6, 6.07) is 26.9. The van der Waals surface area contributed by atoms with Crippen molar-refractivity contribution in [2.45, 2.75) is 25.2 Å². The van der Waals surface area contributed by atoms with Crippen LogP contribution in [0.3, 0.4) is 0 Å². The summed E-state index contributed by atoms with van der Waals surface area (Å²) in [6.07, 6.45) is 12.7. The summed E-state index contributed by atoms with van der Waals surface area (Å²) in [5.74, 6) is 1.01. The molecule has 3 aliphatic rings. The number of hydrogen-bond acceptors (Lipinski definition) is 0. The molecule has 0 fully saturated rings. The maximum atomic E-state index is 2.38. The van der Waals surface area contributed by atoms with E-state index in [-0.39, 0.29) is 0 Å². The Balaban J connectivity index is 1.31. The molecule has 0 bridgehead atoms. The van der Waals surface area contributed by atoms with Gasteiger partial charge in [0.1, 0.15) is 0 Å². The average molecular weight is 373 g/mol. The third-order valence-corrected chi connectivity index (χ3v) is 6.89. The fourth-order valence-electron chi connectivity index (χ4n) is 5.64. The molecule has 0 spiro atoms. The van der Waals surface area contributed by atoms with Gasteiger partial charge in [0.25, 0.3) is 0 Å². The van der Waals surface area contributed by atoms with E-state index < -0.39 is 0 Å². The molecule has 3 aromatic rings. The Labute approximate surface area is 172 Å². The van der Waals surface area contributed by atoms with Crippen LogP contribution in [0.5, 0.6) is 0 Å². The molecule has 6 rings (SSSR count). The highest BCUT2D eigenvalue weighted by Gasteiger charge is 2.28. The van der Waals surface area contributed by atoms with Gasteiger partial charge < -0.3 is 0 Å². The van der Waals surface area contributed by atoms with Gasteiger partial charge in [0.05, 0.1) is 0 Å². The van der Waals surface area contributed by atoms with E-state index in [0.29, 0.717) is 11.8 Å². The number of rotatable bonds is 4. The molecule has 0 saturated carbocycles. The molecular weight excluding hydrogens is 348 g/mol. The molecule has 0 heteroatoms. The molecular formula is C29H24. The topological polar surface area (TPSA) is 0 Å². The minimum Gasteiger partial charge on any atom is -0.0729 e. The van der Waals surface area contributed by atoms with E-state index >= 15 is 0 Å². The minimum atomic E-state index is 0.473. The number of allylic oxidation sites excluding steroid dienone is 4. The fourth-order valence-corrected chi connectivity index (χ4v) is 5.64. The van der Waals surface area contributed by atoms with Gasteiger partial charge in [-0.2, -0.15) is 0 Å². The lowest BCUT2D eigenvalue weighted by molar-refractivity contribution is 0.677. The summed E-state index contributed by atoms with van der Waals surface area (Å²) in [5.41, 5.74) is 8.98. The first-order valence-corrected chi connectivity index (χ1v) is 10.8. The second-order valence-corrected chi connectivity index (χ2v) is 8.37. The Morgan fingerprint density at radius 1 is 0.655 bits per heavy atom. The van der Waals surface area contributed by atoms with Gasteiger partial charge in [-0.15, -0.1) is 0 Å². The van der Waals surface area contributed by atoms with Crippen LogP contribution in [0.1, 0.15) is 36.3 Å². The second-order valence-electron chi connectivity index (χ2n) is 8.37. The SMILES string of the molecule is C1=CC2=c3ccccc3=C(CCCC3c4ccccc4-c4ccccc43)C2C=C1. The lowest BCUT2D eigenvalue weighted by Gasteiger charge is -2.18. The quantitative estimate of drug-likeness (QED) is 0.549. The van der Waals surface area contributed by atoms with Gasteiger partial charge in [0, 0.05) is 11.8 Å². The van der Waals surface area contributed by atoms with Crippen molar-refractivity contribution in [1.82, 2.24) is 0 Å². The lowest BCUT2D eigenvalue weighted by Crippen LogP contribution is -2.23. The van der Waals surface area contributed by atoms with Gasteiger partial charge in [-0.05, 0) is 57.5 Å². The highest BCUT2D eigenvalue weighted by atomic mass is 14.3. The maximum absolute atomic E-state index is 2.38. The average Bonchev–Trinajstić information content (AvgIpc) is 3.28. The van der Waals surface area contributed by atoms with Gasteiger partial charge in [-0.25, -0.2) is 0 Å². The van der Waals surface area contributed by atoms with Crippen LogP contribution >= 0.6 is 0 Å². The molecule has 0 saturated heterocycles. The van der Waals surface area contributed by atoms with Crippen molar-refractivity contribution in [3.05, 3.63) is 119 Å². The lowest BCUT2D eigenvalue weighted by atomic mass is 9.86. The molecule has 1 atom stereocenters. The van der Waals surface area contributed by atoms with E-state index in [4.69, 9.17) is 0 Å². The predicted octanol–water partition coefficient (Wildman–Crippen LogP) is 5.73. The molecule has 3 aliphatic carbocycles. The van der Waals surface area contributed by atoms with Crippen molar-refractivity contribution >= 4 is 11.1 Å². The Morgan fingerprint density at radius 2 is 1.31 bits per heavy atom. The van der Waals surface area contributed by atoms with E-state index in [9.17, 15) is 0 Å². The smallest absolute Gasteiger partial charge is 0.0246 e. The standard InChI is InChI=1S/C29H24/c1-5-14-24-20(10-1)21-11-2-6-15-25(21)28(24)18-9-19-29-26-16-7-3-12-22(26)23-13-4-8-17-27(23)29/h1-8,10-17,24,29H,9,18-19H2. The van der Waals surface area contributed by atoms with E-state index in [1.54, 1.807) is 5.57 Å². The third kappa shape index (κ3) is 2.59. The summed E-state index contributed by atoms with van der Waals surface area (Å²) in [7, 11) is 0. The Hall–Kier alpha value is -3.12. The van der Waals surface area contributed by atoms with Crippen LogP contribution in [0, 0.1) is 5.92 Å².